The number of phenols is 1. The summed E-state index contributed by atoms with van der Waals surface area (Å²) in [7, 11) is 0. The van der Waals surface area contributed by atoms with E-state index in [-0.39, 0.29) is 6.23 Å². The zero-order valence-electron chi connectivity index (χ0n) is 9.67. The minimum absolute atomic E-state index is 0.177. The second-order valence-electron chi connectivity index (χ2n) is 4.75. The maximum atomic E-state index is 9.82. The van der Waals surface area contributed by atoms with Crippen molar-refractivity contribution in [1.82, 2.24) is 5.32 Å². The fourth-order valence-corrected chi connectivity index (χ4v) is 2.61. The monoisotopic (exact) mass is 231 g/mol. The second-order valence-corrected chi connectivity index (χ2v) is 4.75. The third-order valence-corrected chi connectivity index (χ3v) is 3.63. The summed E-state index contributed by atoms with van der Waals surface area (Å²) in [5.41, 5.74) is 0.834. The predicted octanol–water partition coefficient (Wildman–Crippen LogP) is 2.35. The maximum absolute atomic E-state index is 9.82. The SMILES string of the molecule is Oc1ccccc1C1N[C@H]2CC=CC[C@H]2CO1. The highest BCUT2D eigenvalue weighted by atomic mass is 16.5. The minimum atomic E-state index is -0.177. The molecule has 0 aromatic heterocycles. The van der Waals surface area contributed by atoms with E-state index >= 15 is 0 Å². The highest BCUT2D eigenvalue weighted by molar-refractivity contribution is 5.33. The number of allylic oxidation sites excluding steroid dienone is 1. The fourth-order valence-electron chi connectivity index (χ4n) is 2.61. The van der Waals surface area contributed by atoms with Gasteiger partial charge in [0.1, 0.15) is 12.0 Å². The van der Waals surface area contributed by atoms with Gasteiger partial charge in [-0.15, -0.1) is 0 Å². The average Bonchev–Trinajstić information content (AvgIpc) is 2.39. The van der Waals surface area contributed by atoms with E-state index in [9.17, 15) is 5.11 Å². The van der Waals surface area contributed by atoms with Gasteiger partial charge < -0.3 is 9.84 Å². The topological polar surface area (TPSA) is 41.5 Å². The summed E-state index contributed by atoms with van der Waals surface area (Å²) in [6.07, 6.45) is 6.42. The lowest BCUT2D eigenvalue weighted by atomic mass is 9.88. The number of rotatable bonds is 1. The average molecular weight is 231 g/mol. The number of ether oxygens (including phenoxy) is 1. The van der Waals surface area contributed by atoms with E-state index < -0.39 is 0 Å². The van der Waals surface area contributed by atoms with Gasteiger partial charge in [-0.05, 0) is 18.9 Å². The highest BCUT2D eigenvalue weighted by Crippen LogP contribution is 2.32. The van der Waals surface area contributed by atoms with Crippen LogP contribution in [0.15, 0.2) is 36.4 Å². The number of aromatic hydroxyl groups is 1. The lowest BCUT2D eigenvalue weighted by molar-refractivity contribution is -0.0545. The molecule has 0 radical (unpaired) electrons. The van der Waals surface area contributed by atoms with Crippen molar-refractivity contribution in [3.05, 3.63) is 42.0 Å². The van der Waals surface area contributed by atoms with Crippen LogP contribution in [0, 0.1) is 5.92 Å². The van der Waals surface area contributed by atoms with Crippen molar-refractivity contribution in [2.45, 2.75) is 25.1 Å². The van der Waals surface area contributed by atoms with Crippen LogP contribution >= 0.6 is 0 Å². The van der Waals surface area contributed by atoms with Crippen LogP contribution in [-0.4, -0.2) is 17.8 Å². The van der Waals surface area contributed by atoms with Gasteiger partial charge in [0.15, 0.2) is 0 Å². The van der Waals surface area contributed by atoms with Crippen LogP contribution in [0.2, 0.25) is 0 Å². The lowest BCUT2D eigenvalue weighted by Crippen LogP contribution is -2.47. The first-order valence-corrected chi connectivity index (χ1v) is 6.15. The molecule has 1 heterocycles. The Kier molecular flexibility index (Phi) is 2.87. The van der Waals surface area contributed by atoms with E-state index in [0.717, 1.165) is 25.0 Å². The molecule has 17 heavy (non-hydrogen) atoms. The quantitative estimate of drug-likeness (QED) is 0.729. The van der Waals surface area contributed by atoms with Gasteiger partial charge in [0.05, 0.1) is 6.61 Å². The third kappa shape index (κ3) is 2.08. The number of phenolic OH excluding ortho intramolecular Hbond substituents is 1. The molecule has 90 valence electrons. The first-order chi connectivity index (χ1) is 8.34. The number of nitrogens with one attached hydrogen (secondary N) is 1. The number of fused-ring (bicyclic) bond motifs is 1. The Morgan fingerprint density at radius 3 is 2.88 bits per heavy atom. The van der Waals surface area contributed by atoms with Crippen LogP contribution in [0.4, 0.5) is 0 Å². The third-order valence-electron chi connectivity index (χ3n) is 3.63. The van der Waals surface area contributed by atoms with Crippen LogP contribution < -0.4 is 5.32 Å². The molecule has 1 unspecified atom stereocenters. The number of hydrogen-bond acceptors (Lipinski definition) is 3. The molecule has 3 nitrogen and oxygen atoms in total. The summed E-state index contributed by atoms with van der Waals surface area (Å²) in [6, 6.07) is 7.83. The van der Waals surface area contributed by atoms with E-state index in [2.05, 4.69) is 17.5 Å². The number of para-hydroxylation sites is 1. The standard InChI is InChI=1S/C14H17NO2/c16-13-8-4-2-6-11(13)14-15-12-7-3-1-5-10(12)9-17-14/h1-4,6,8,10,12,14-16H,5,7,9H2/t10-,12-,14?/m0/s1. The normalized spacial score (nSPS) is 32.1. The van der Waals surface area contributed by atoms with Gasteiger partial charge >= 0.3 is 0 Å². The molecule has 0 bridgehead atoms. The van der Waals surface area contributed by atoms with Gasteiger partial charge in [0.25, 0.3) is 0 Å². The minimum Gasteiger partial charge on any atom is -0.508 e. The van der Waals surface area contributed by atoms with E-state index in [1.165, 1.54) is 0 Å². The van der Waals surface area contributed by atoms with Crippen LogP contribution in [0.25, 0.3) is 0 Å². The van der Waals surface area contributed by atoms with Crippen molar-refractivity contribution in [3.8, 4) is 5.75 Å². The summed E-state index contributed by atoms with van der Waals surface area (Å²) >= 11 is 0. The molecule has 1 aromatic rings. The Morgan fingerprint density at radius 2 is 2.00 bits per heavy atom. The Hall–Kier alpha value is -1.32. The molecule has 2 N–H and O–H groups in total. The van der Waals surface area contributed by atoms with Crippen LogP contribution in [0.3, 0.4) is 0 Å². The van der Waals surface area contributed by atoms with Crippen molar-refractivity contribution < 1.29 is 9.84 Å². The highest BCUT2D eigenvalue weighted by Gasteiger charge is 2.32. The van der Waals surface area contributed by atoms with Gasteiger partial charge in [0, 0.05) is 17.5 Å². The second kappa shape index (κ2) is 4.51. The summed E-state index contributed by atoms with van der Waals surface area (Å²) in [5, 5.41) is 13.3. The van der Waals surface area contributed by atoms with E-state index in [1.807, 2.05) is 18.2 Å². The van der Waals surface area contributed by atoms with Crippen molar-refractivity contribution in [2.24, 2.45) is 5.92 Å². The van der Waals surface area contributed by atoms with Gasteiger partial charge in [-0.2, -0.15) is 0 Å². The molecule has 0 saturated carbocycles. The van der Waals surface area contributed by atoms with Crippen LogP contribution in [-0.2, 0) is 4.74 Å². The molecular weight excluding hydrogens is 214 g/mol. The van der Waals surface area contributed by atoms with Gasteiger partial charge in [-0.25, -0.2) is 0 Å². The fraction of sp³-hybridized carbons (Fsp3) is 0.429. The lowest BCUT2D eigenvalue weighted by Gasteiger charge is -2.38. The summed E-state index contributed by atoms with van der Waals surface area (Å²) < 4.78 is 5.81. The van der Waals surface area contributed by atoms with Crippen molar-refractivity contribution in [1.29, 1.82) is 0 Å². The van der Waals surface area contributed by atoms with Gasteiger partial charge in [-0.1, -0.05) is 30.4 Å². The first kappa shape index (κ1) is 10.8. The molecule has 0 amide bonds. The van der Waals surface area contributed by atoms with Crippen LogP contribution in [0.5, 0.6) is 5.75 Å². The van der Waals surface area contributed by atoms with Crippen molar-refractivity contribution in [3.63, 3.8) is 0 Å². The molecule has 1 aromatic carbocycles. The van der Waals surface area contributed by atoms with Crippen molar-refractivity contribution in [2.75, 3.05) is 6.61 Å². The Labute approximate surface area is 101 Å². The summed E-state index contributed by atoms with van der Waals surface area (Å²) in [5.74, 6) is 0.872. The molecule has 2 aliphatic rings. The van der Waals surface area contributed by atoms with Crippen LogP contribution in [0.1, 0.15) is 24.6 Å². The molecule has 3 rings (SSSR count). The van der Waals surface area contributed by atoms with E-state index in [0.29, 0.717) is 17.7 Å². The molecule has 1 fully saturated rings. The van der Waals surface area contributed by atoms with E-state index in [4.69, 9.17) is 4.74 Å². The molecule has 3 heteroatoms. The smallest absolute Gasteiger partial charge is 0.138 e. The molecule has 0 spiro atoms. The van der Waals surface area contributed by atoms with Crippen molar-refractivity contribution >= 4 is 0 Å². The zero-order valence-corrected chi connectivity index (χ0v) is 9.67. The zero-order chi connectivity index (χ0) is 11.7. The molecule has 3 atom stereocenters. The number of benzene rings is 1. The first-order valence-electron chi connectivity index (χ1n) is 6.15. The van der Waals surface area contributed by atoms with E-state index in [1.54, 1.807) is 6.07 Å². The molecule has 1 aliphatic heterocycles. The molecule has 1 saturated heterocycles. The molecular formula is C14H17NO2. The summed E-state index contributed by atoms with van der Waals surface area (Å²) in [4.78, 5) is 0. The number of hydrogen-bond donors (Lipinski definition) is 2. The Morgan fingerprint density at radius 1 is 1.18 bits per heavy atom. The van der Waals surface area contributed by atoms with Gasteiger partial charge in [-0.3, -0.25) is 5.32 Å². The Balaban J connectivity index is 1.78. The maximum Gasteiger partial charge on any atom is 0.138 e. The predicted molar refractivity (Wildman–Crippen MR) is 65.6 cm³/mol. The summed E-state index contributed by atoms with van der Waals surface area (Å²) in [6.45, 7) is 0.765. The molecule has 1 aliphatic carbocycles. The Bertz CT molecular complexity index is 430. The van der Waals surface area contributed by atoms with Gasteiger partial charge in [0.2, 0.25) is 0 Å². The largest absolute Gasteiger partial charge is 0.508 e.